The van der Waals surface area contributed by atoms with E-state index in [-0.39, 0.29) is 5.78 Å². The maximum Gasteiger partial charge on any atom is 0.203 e. The van der Waals surface area contributed by atoms with Crippen molar-refractivity contribution in [2.75, 3.05) is 21.3 Å². The summed E-state index contributed by atoms with van der Waals surface area (Å²) in [7, 11) is 4.63. The van der Waals surface area contributed by atoms with Crippen LogP contribution in [0.25, 0.3) is 0 Å². The Morgan fingerprint density at radius 1 is 1.05 bits per heavy atom. The summed E-state index contributed by atoms with van der Waals surface area (Å²) in [4.78, 5) is 12.2. The Morgan fingerprint density at radius 3 is 2.14 bits per heavy atom. The van der Waals surface area contributed by atoms with Crippen LogP contribution in [0.3, 0.4) is 0 Å². The SMILES string of the molecule is C=CCCCCCC(=O)c1cc(OC)c(OC)c(OC)c1. The number of hydrogen-bond donors (Lipinski definition) is 0. The van der Waals surface area contributed by atoms with Gasteiger partial charge in [-0.05, 0) is 31.4 Å². The molecule has 21 heavy (non-hydrogen) atoms. The van der Waals surface area contributed by atoms with Gasteiger partial charge in [-0.2, -0.15) is 0 Å². The van der Waals surface area contributed by atoms with Crippen LogP contribution in [0.2, 0.25) is 0 Å². The lowest BCUT2D eigenvalue weighted by atomic mass is 10.0. The highest BCUT2D eigenvalue weighted by molar-refractivity contribution is 5.97. The van der Waals surface area contributed by atoms with Crippen molar-refractivity contribution in [1.82, 2.24) is 0 Å². The van der Waals surface area contributed by atoms with Crippen molar-refractivity contribution in [1.29, 1.82) is 0 Å². The lowest BCUT2D eigenvalue weighted by Gasteiger charge is -2.13. The van der Waals surface area contributed by atoms with Crippen LogP contribution in [0, 0.1) is 0 Å². The zero-order chi connectivity index (χ0) is 15.7. The molecule has 0 atom stereocenters. The third kappa shape index (κ3) is 4.81. The zero-order valence-electron chi connectivity index (χ0n) is 13.1. The van der Waals surface area contributed by atoms with E-state index in [1.54, 1.807) is 33.5 Å². The summed E-state index contributed by atoms with van der Waals surface area (Å²) in [5.74, 6) is 1.61. The van der Waals surface area contributed by atoms with Crippen molar-refractivity contribution in [3.63, 3.8) is 0 Å². The van der Waals surface area contributed by atoms with Crippen LogP contribution >= 0.6 is 0 Å². The molecule has 0 spiro atoms. The molecule has 0 aliphatic carbocycles. The van der Waals surface area contributed by atoms with E-state index in [0.29, 0.717) is 29.2 Å². The molecule has 0 radical (unpaired) electrons. The highest BCUT2D eigenvalue weighted by Gasteiger charge is 2.16. The van der Waals surface area contributed by atoms with Gasteiger partial charge >= 0.3 is 0 Å². The second kappa shape index (κ2) is 9.06. The molecule has 0 saturated carbocycles. The first kappa shape index (κ1) is 17.1. The predicted octanol–water partition coefficient (Wildman–Crippen LogP) is 4.03. The van der Waals surface area contributed by atoms with Crippen molar-refractivity contribution in [2.24, 2.45) is 0 Å². The lowest BCUT2D eigenvalue weighted by Crippen LogP contribution is -2.02. The van der Waals surface area contributed by atoms with Crippen molar-refractivity contribution in [2.45, 2.75) is 32.1 Å². The van der Waals surface area contributed by atoms with E-state index in [4.69, 9.17) is 14.2 Å². The number of ketones is 1. The van der Waals surface area contributed by atoms with Crippen LogP contribution < -0.4 is 14.2 Å². The summed E-state index contributed by atoms with van der Waals surface area (Å²) >= 11 is 0. The molecular formula is C17H24O4. The molecule has 0 aliphatic heterocycles. The van der Waals surface area contributed by atoms with Crippen molar-refractivity contribution < 1.29 is 19.0 Å². The van der Waals surface area contributed by atoms with E-state index in [1.165, 1.54) is 0 Å². The average Bonchev–Trinajstić information content (AvgIpc) is 2.52. The highest BCUT2D eigenvalue weighted by atomic mass is 16.5. The summed E-state index contributed by atoms with van der Waals surface area (Å²) in [6, 6.07) is 3.40. The molecule has 0 aromatic heterocycles. The summed E-state index contributed by atoms with van der Waals surface area (Å²) < 4.78 is 15.8. The van der Waals surface area contributed by atoms with Gasteiger partial charge in [0.2, 0.25) is 5.75 Å². The summed E-state index contributed by atoms with van der Waals surface area (Å²) in [5, 5.41) is 0. The molecule has 0 fully saturated rings. The first-order valence-electron chi connectivity index (χ1n) is 7.12. The fraction of sp³-hybridized carbons (Fsp3) is 0.471. The van der Waals surface area contributed by atoms with E-state index >= 15 is 0 Å². The van der Waals surface area contributed by atoms with Gasteiger partial charge in [0.1, 0.15) is 0 Å². The Kier molecular flexibility index (Phi) is 7.37. The number of carbonyl (C=O) groups is 1. The number of rotatable bonds is 10. The van der Waals surface area contributed by atoms with E-state index in [2.05, 4.69) is 6.58 Å². The van der Waals surface area contributed by atoms with Gasteiger partial charge in [0, 0.05) is 12.0 Å². The molecule has 0 N–H and O–H groups in total. The van der Waals surface area contributed by atoms with E-state index < -0.39 is 0 Å². The van der Waals surface area contributed by atoms with E-state index in [0.717, 1.165) is 25.7 Å². The largest absolute Gasteiger partial charge is 0.493 e. The Morgan fingerprint density at radius 2 is 1.67 bits per heavy atom. The molecule has 0 heterocycles. The highest BCUT2D eigenvalue weighted by Crippen LogP contribution is 2.38. The average molecular weight is 292 g/mol. The quantitative estimate of drug-likeness (QED) is 0.371. The van der Waals surface area contributed by atoms with Crippen LogP contribution in [-0.2, 0) is 0 Å². The number of ether oxygens (including phenoxy) is 3. The van der Waals surface area contributed by atoms with E-state index in [9.17, 15) is 4.79 Å². The number of Topliss-reactive ketones (excluding diaryl/α,β-unsaturated/α-hetero) is 1. The number of allylic oxidation sites excluding steroid dienone is 1. The van der Waals surface area contributed by atoms with Crippen molar-refractivity contribution >= 4 is 5.78 Å². The summed E-state index contributed by atoms with van der Waals surface area (Å²) in [6.45, 7) is 3.69. The van der Waals surface area contributed by atoms with Crippen LogP contribution in [-0.4, -0.2) is 27.1 Å². The van der Waals surface area contributed by atoms with Gasteiger partial charge < -0.3 is 14.2 Å². The van der Waals surface area contributed by atoms with Crippen LogP contribution in [0.4, 0.5) is 0 Å². The lowest BCUT2D eigenvalue weighted by molar-refractivity contribution is 0.0978. The van der Waals surface area contributed by atoms with Crippen LogP contribution in [0.5, 0.6) is 17.2 Å². The third-order valence-electron chi connectivity index (χ3n) is 3.30. The fourth-order valence-electron chi connectivity index (χ4n) is 2.14. The van der Waals surface area contributed by atoms with Gasteiger partial charge in [-0.25, -0.2) is 0 Å². The Labute approximate surface area is 126 Å². The summed E-state index contributed by atoms with van der Waals surface area (Å²) in [5.41, 5.74) is 0.591. The second-order valence-corrected chi connectivity index (χ2v) is 4.73. The van der Waals surface area contributed by atoms with Crippen LogP contribution in [0.1, 0.15) is 42.5 Å². The number of unbranched alkanes of at least 4 members (excludes halogenated alkanes) is 3. The standard InChI is InChI=1S/C17H24O4/c1-5-6-7-8-9-10-14(18)13-11-15(19-2)17(21-4)16(12-13)20-3/h5,11-12H,1,6-10H2,2-4H3. The molecule has 0 unspecified atom stereocenters. The first-order chi connectivity index (χ1) is 10.2. The Bertz CT molecular complexity index is 455. The van der Waals surface area contributed by atoms with Gasteiger partial charge in [-0.3, -0.25) is 4.79 Å². The molecule has 0 amide bonds. The maximum atomic E-state index is 12.2. The normalized spacial score (nSPS) is 10.0. The van der Waals surface area contributed by atoms with Crippen LogP contribution in [0.15, 0.2) is 24.8 Å². The molecule has 4 nitrogen and oxygen atoms in total. The molecule has 4 heteroatoms. The number of benzene rings is 1. The Hall–Kier alpha value is -1.97. The monoisotopic (exact) mass is 292 g/mol. The van der Waals surface area contributed by atoms with Gasteiger partial charge in [-0.15, -0.1) is 6.58 Å². The predicted molar refractivity (Wildman–Crippen MR) is 83.7 cm³/mol. The fourth-order valence-corrected chi connectivity index (χ4v) is 2.14. The Balaban J connectivity index is 2.77. The van der Waals surface area contributed by atoms with E-state index in [1.807, 2.05) is 6.08 Å². The first-order valence-corrected chi connectivity index (χ1v) is 7.12. The molecule has 0 aliphatic rings. The minimum absolute atomic E-state index is 0.0906. The third-order valence-corrected chi connectivity index (χ3v) is 3.30. The van der Waals surface area contributed by atoms with Crippen molar-refractivity contribution in [3.05, 3.63) is 30.4 Å². The summed E-state index contributed by atoms with van der Waals surface area (Å²) in [6.07, 6.45) is 6.41. The molecule has 1 aromatic rings. The number of hydrogen-bond acceptors (Lipinski definition) is 4. The zero-order valence-corrected chi connectivity index (χ0v) is 13.1. The number of carbonyl (C=O) groups excluding carboxylic acids is 1. The molecular weight excluding hydrogens is 268 g/mol. The molecule has 0 bridgehead atoms. The minimum atomic E-state index is 0.0906. The second-order valence-electron chi connectivity index (χ2n) is 4.73. The topological polar surface area (TPSA) is 44.8 Å². The van der Waals surface area contributed by atoms with Gasteiger partial charge in [0.15, 0.2) is 17.3 Å². The molecule has 0 saturated heterocycles. The van der Waals surface area contributed by atoms with Gasteiger partial charge in [0.25, 0.3) is 0 Å². The number of methoxy groups -OCH3 is 3. The maximum absolute atomic E-state index is 12.2. The van der Waals surface area contributed by atoms with Crippen molar-refractivity contribution in [3.8, 4) is 17.2 Å². The molecule has 1 rings (SSSR count). The van der Waals surface area contributed by atoms with Gasteiger partial charge in [-0.1, -0.05) is 12.5 Å². The van der Waals surface area contributed by atoms with Gasteiger partial charge in [0.05, 0.1) is 21.3 Å². The molecule has 116 valence electrons. The minimum Gasteiger partial charge on any atom is -0.493 e. The molecule has 1 aromatic carbocycles. The smallest absolute Gasteiger partial charge is 0.203 e.